The lowest BCUT2D eigenvalue weighted by Crippen LogP contribution is -2.63. The van der Waals surface area contributed by atoms with Gasteiger partial charge in [0.05, 0.1) is 29.7 Å². The van der Waals surface area contributed by atoms with Gasteiger partial charge < -0.3 is 20.0 Å². The van der Waals surface area contributed by atoms with Crippen LogP contribution in [0, 0.1) is 14.9 Å². The minimum Gasteiger partial charge on any atom is -0.394 e. The minimum absolute atomic E-state index is 0.114. The van der Waals surface area contributed by atoms with Gasteiger partial charge in [-0.25, -0.2) is 15.0 Å². The zero-order valence-corrected chi connectivity index (χ0v) is 20.6. The Balaban J connectivity index is 1.76. The normalized spacial score (nSPS) is 19.1. The number of aliphatic hydroxyl groups is 2. The number of aliphatic hydroxyl groups excluding tert-OH is 1. The summed E-state index contributed by atoms with van der Waals surface area (Å²) in [4.78, 5) is 29.8. The lowest BCUT2D eigenvalue weighted by atomic mass is 10.0. The molecule has 10 nitrogen and oxygen atoms in total. The van der Waals surface area contributed by atoms with Crippen LogP contribution < -0.4 is 4.90 Å². The molecule has 1 amide bonds. The Labute approximate surface area is 204 Å². The van der Waals surface area contributed by atoms with Crippen molar-refractivity contribution in [3.05, 3.63) is 40.0 Å². The molecule has 1 saturated heterocycles. The number of halogens is 1. The van der Waals surface area contributed by atoms with Crippen LogP contribution >= 0.6 is 22.6 Å². The number of hydrogen-bond acceptors (Lipinski definition) is 8. The Bertz CT molecular complexity index is 1250. The third kappa shape index (κ3) is 4.25. The Hall–Kier alpha value is -2.82. The Morgan fingerprint density at radius 2 is 2.09 bits per heavy atom. The molecule has 172 valence electrons. The molecule has 4 heterocycles. The molecule has 4 rings (SSSR count). The van der Waals surface area contributed by atoms with Crippen molar-refractivity contribution in [1.82, 2.24) is 24.4 Å². The number of fused-ring (bicyclic) bond motifs is 1. The maximum atomic E-state index is 12.7. The topological polar surface area (TPSA) is 131 Å². The van der Waals surface area contributed by atoms with Crippen molar-refractivity contribution in [1.29, 1.82) is 5.26 Å². The minimum atomic E-state index is -1.52. The second-order valence-corrected chi connectivity index (χ2v) is 9.77. The Kier molecular flexibility index (Phi) is 6.26. The molecular weight excluding hydrogens is 537 g/mol. The molecule has 1 aliphatic rings. The number of hydrogen-bond donors (Lipinski definition) is 2. The molecule has 1 fully saturated rings. The standard InChI is InChI=1S/C22H24IN7O3/c1-13-8-29(21(32)22(2,3)33)15(11-31)9-28(13)19-18-16(23)10-30(20(18)27-12-26-19)17-6-14(7-24)4-5-25-17/h4-6,10,12-13,15,31,33H,8-9,11H2,1-3H3/t13-,15-/m0/s1. The quantitative estimate of drug-likeness (QED) is 0.458. The van der Waals surface area contributed by atoms with E-state index in [9.17, 15) is 20.3 Å². The highest BCUT2D eigenvalue weighted by Crippen LogP contribution is 2.33. The fourth-order valence-corrected chi connectivity index (χ4v) is 4.87. The molecule has 2 N–H and O–H groups in total. The number of carbonyl (C=O) groups is 1. The third-order valence-corrected chi connectivity index (χ3v) is 6.56. The van der Waals surface area contributed by atoms with Crippen molar-refractivity contribution in [3.8, 4) is 11.9 Å². The van der Waals surface area contributed by atoms with E-state index in [2.05, 4.69) is 48.5 Å². The van der Waals surface area contributed by atoms with Gasteiger partial charge in [0.15, 0.2) is 5.65 Å². The van der Waals surface area contributed by atoms with Crippen molar-refractivity contribution in [3.63, 3.8) is 0 Å². The van der Waals surface area contributed by atoms with Gasteiger partial charge in [-0.3, -0.25) is 9.36 Å². The van der Waals surface area contributed by atoms with Crippen molar-refractivity contribution in [2.45, 2.75) is 38.5 Å². The number of pyridine rings is 1. The average Bonchev–Trinajstić information content (AvgIpc) is 3.14. The highest BCUT2D eigenvalue weighted by atomic mass is 127. The summed E-state index contributed by atoms with van der Waals surface area (Å²) in [6, 6.07) is 4.87. The number of amides is 1. The maximum Gasteiger partial charge on any atom is 0.254 e. The summed E-state index contributed by atoms with van der Waals surface area (Å²) in [7, 11) is 0. The van der Waals surface area contributed by atoms with Crippen molar-refractivity contribution in [2.24, 2.45) is 0 Å². The first-order chi connectivity index (χ1) is 15.7. The van der Waals surface area contributed by atoms with E-state index >= 15 is 0 Å². The second-order valence-electron chi connectivity index (χ2n) is 8.61. The highest BCUT2D eigenvalue weighted by Gasteiger charge is 2.40. The first kappa shape index (κ1) is 23.3. The molecule has 0 radical (unpaired) electrons. The van der Waals surface area contributed by atoms with Gasteiger partial charge in [-0.2, -0.15) is 5.26 Å². The molecule has 0 aromatic carbocycles. The highest BCUT2D eigenvalue weighted by molar-refractivity contribution is 14.1. The predicted molar refractivity (Wildman–Crippen MR) is 130 cm³/mol. The van der Waals surface area contributed by atoms with Gasteiger partial charge in [0, 0.05) is 35.1 Å². The van der Waals surface area contributed by atoms with Gasteiger partial charge in [0.1, 0.15) is 23.6 Å². The predicted octanol–water partition coefficient (Wildman–Crippen LogP) is 1.46. The molecular formula is C22H24IN7O3. The van der Waals surface area contributed by atoms with Crippen LogP contribution in [0.15, 0.2) is 30.9 Å². The van der Waals surface area contributed by atoms with Gasteiger partial charge in [-0.1, -0.05) is 0 Å². The fraction of sp³-hybridized carbons (Fsp3) is 0.409. The maximum absolute atomic E-state index is 12.7. The summed E-state index contributed by atoms with van der Waals surface area (Å²) in [5.74, 6) is 0.861. The number of aromatic nitrogens is 4. The Morgan fingerprint density at radius 1 is 1.33 bits per heavy atom. The van der Waals surface area contributed by atoms with E-state index in [4.69, 9.17) is 0 Å². The van der Waals surface area contributed by atoms with Gasteiger partial charge in [0.25, 0.3) is 5.91 Å². The van der Waals surface area contributed by atoms with Gasteiger partial charge in [-0.15, -0.1) is 0 Å². The zero-order chi connectivity index (χ0) is 23.9. The molecule has 0 unspecified atom stereocenters. The van der Waals surface area contributed by atoms with E-state index in [-0.39, 0.29) is 12.6 Å². The zero-order valence-electron chi connectivity index (χ0n) is 18.5. The lowest BCUT2D eigenvalue weighted by molar-refractivity contribution is -0.152. The van der Waals surface area contributed by atoms with E-state index in [1.807, 2.05) is 17.7 Å². The summed E-state index contributed by atoms with van der Waals surface area (Å²) >= 11 is 2.23. The van der Waals surface area contributed by atoms with Crippen LogP contribution in [0.3, 0.4) is 0 Å². The number of carbonyl (C=O) groups excluding carboxylic acids is 1. The first-order valence-corrected chi connectivity index (χ1v) is 11.5. The van der Waals surface area contributed by atoms with Crippen LogP contribution in [-0.2, 0) is 4.79 Å². The number of rotatable bonds is 4. The molecule has 0 saturated carbocycles. The van der Waals surface area contributed by atoms with E-state index in [1.165, 1.54) is 20.2 Å². The van der Waals surface area contributed by atoms with E-state index in [0.29, 0.717) is 35.9 Å². The molecule has 0 spiro atoms. The van der Waals surface area contributed by atoms with Gasteiger partial charge >= 0.3 is 0 Å². The summed E-state index contributed by atoms with van der Waals surface area (Å²) in [6.07, 6.45) is 4.96. The molecule has 3 aromatic rings. The van der Waals surface area contributed by atoms with E-state index in [1.54, 1.807) is 23.2 Å². The van der Waals surface area contributed by atoms with E-state index in [0.717, 1.165) is 8.96 Å². The molecule has 1 aliphatic heterocycles. The van der Waals surface area contributed by atoms with Crippen molar-refractivity contribution in [2.75, 3.05) is 24.6 Å². The van der Waals surface area contributed by atoms with Gasteiger partial charge in [-0.05, 0) is 55.5 Å². The average molecular weight is 561 g/mol. The number of anilines is 1. The smallest absolute Gasteiger partial charge is 0.254 e. The summed E-state index contributed by atoms with van der Waals surface area (Å²) in [5, 5.41) is 30.3. The third-order valence-electron chi connectivity index (χ3n) is 5.75. The van der Waals surface area contributed by atoms with Crippen LogP contribution in [0.25, 0.3) is 16.9 Å². The largest absolute Gasteiger partial charge is 0.394 e. The number of nitriles is 1. The van der Waals surface area contributed by atoms with Crippen LogP contribution in [0.1, 0.15) is 26.3 Å². The number of nitrogens with zero attached hydrogens (tertiary/aromatic N) is 7. The molecule has 3 aromatic heterocycles. The van der Waals surface area contributed by atoms with Gasteiger partial charge in [0.2, 0.25) is 0 Å². The molecule has 0 aliphatic carbocycles. The monoisotopic (exact) mass is 561 g/mol. The second kappa shape index (κ2) is 8.85. The van der Waals surface area contributed by atoms with Crippen LogP contribution in [0.4, 0.5) is 5.82 Å². The molecule has 0 bridgehead atoms. The lowest BCUT2D eigenvalue weighted by Gasteiger charge is -2.46. The molecule has 11 heteroatoms. The SMILES string of the molecule is C[C@H]1CN(C(=O)C(C)(C)O)[C@H](CO)CN1c1ncnc2c1c(I)cn2-c1cc(C#N)ccn1. The van der Waals surface area contributed by atoms with Crippen molar-refractivity contribution >= 4 is 45.3 Å². The summed E-state index contributed by atoms with van der Waals surface area (Å²) < 4.78 is 2.73. The number of piperazine rings is 1. The van der Waals surface area contributed by atoms with Crippen molar-refractivity contribution < 1.29 is 15.0 Å². The van der Waals surface area contributed by atoms with Crippen LogP contribution in [0.5, 0.6) is 0 Å². The molecule has 33 heavy (non-hydrogen) atoms. The van der Waals surface area contributed by atoms with Crippen LogP contribution in [-0.4, -0.2) is 77.9 Å². The summed E-state index contributed by atoms with van der Waals surface area (Å²) in [5.41, 5.74) is -0.373. The summed E-state index contributed by atoms with van der Waals surface area (Å²) in [6.45, 7) is 5.35. The first-order valence-electron chi connectivity index (χ1n) is 10.4. The fourth-order valence-electron chi connectivity index (χ4n) is 4.10. The Morgan fingerprint density at radius 3 is 2.76 bits per heavy atom. The van der Waals surface area contributed by atoms with Crippen LogP contribution in [0.2, 0.25) is 0 Å². The van der Waals surface area contributed by atoms with E-state index < -0.39 is 17.6 Å². The molecule has 2 atom stereocenters.